The van der Waals surface area contributed by atoms with Crippen molar-refractivity contribution in [2.75, 3.05) is 0 Å². The van der Waals surface area contributed by atoms with Gasteiger partial charge in [0.05, 0.1) is 6.61 Å². The van der Waals surface area contributed by atoms with Crippen LogP contribution in [0.25, 0.3) is 0 Å². The maximum absolute atomic E-state index is 9.03. The number of benzene rings is 2. The molecule has 0 spiro atoms. The summed E-state index contributed by atoms with van der Waals surface area (Å²) < 4.78 is 0. The second-order valence-electron chi connectivity index (χ2n) is 3.47. The third kappa shape index (κ3) is 3.39. The molecule has 0 fully saturated rings. The smallest absolute Gasteiger partial charge is 0.0696 e. The van der Waals surface area contributed by atoms with Crippen molar-refractivity contribution in [1.29, 1.82) is 0 Å². The molecule has 0 radical (unpaired) electrons. The second kappa shape index (κ2) is 5.78. The quantitative estimate of drug-likeness (QED) is 0.886. The molecule has 0 saturated carbocycles. The molecular weight excluding hydrogens is 275 g/mol. The zero-order chi connectivity index (χ0) is 12.3. The van der Waals surface area contributed by atoms with E-state index in [1.807, 2.05) is 42.5 Å². The van der Waals surface area contributed by atoms with Gasteiger partial charge in [-0.15, -0.1) is 0 Å². The summed E-state index contributed by atoms with van der Waals surface area (Å²) in [6.07, 6.45) is 0. The van der Waals surface area contributed by atoms with Gasteiger partial charge in [-0.25, -0.2) is 0 Å². The van der Waals surface area contributed by atoms with E-state index in [9.17, 15) is 0 Å². The molecule has 4 heteroatoms. The molecule has 1 nitrogen and oxygen atoms in total. The largest absolute Gasteiger partial charge is 0.392 e. The van der Waals surface area contributed by atoms with E-state index in [0.29, 0.717) is 10.0 Å². The normalized spacial score (nSPS) is 10.5. The molecule has 2 rings (SSSR count). The molecule has 0 unspecified atom stereocenters. The first-order valence-electron chi connectivity index (χ1n) is 5.02. The van der Waals surface area contributed by atoms with Crippen LogP contribution in [0.4, 0.5) is 0 Å². The highest BCUT2D eigenvalue weighted by molar-refractivity contribution is 7.99. The summed E-state index contributed by atoms with van der Waals surface area (Å²) >= 11 is 13.5. The molecule has 0 aliphatic rings. The van der Waals surface area contributed by atoms with Crippen molar-refractivity contribution in [1.82, 2.24) is 0 Å². The van der Waals surface area contributed by atoms with Crippen molar-refractivity contribution in [2.45, 2.75) is 16.4 Å². The van der Waals surface area contributed by atoms with Gasteiger partial charge >= 0.3 is 0 Å². The Morgan fingerprint density at radius 3 is 2.41 bits per heavy atom. The first-order chi connectivity index (χ1) is 8.19. The molecular formula is C13H10Cl2OS. The van der Waals surface area contributed by atoms with Crippen molar-refractivity contribution in [3.05, 3.63) is 58.1 Å². The van der Waals surface area contributed by atoms with Crippen LogP contribution >= 0.6 is 35.0 Å². The standard InChI is InChI=1S/C13H10Cl2OS/c14-10-2-1-3-11(6-10)17-12-5-4-9(8-16)13(15)7-12/h1-7,16H,8H2. The zero-order valence-corrected chi connectivity index (χ0v) is 11.2. The average Bonchev–Trinajstić information content (AvgIpc) is 2.29. The second-order valence-corrected chi connectivity index (χ2v) is 5.46. The van der Waals surface area contributed by atoms with Crippen LogP contribution in [-0.4, -0.2) is 5.11 Å². The number of aliphatic hydroxyl groups is 1. The van der Waals surface area contributed by atoms with E-state index in [1.165, 1.54) is 0 Å². The third-order valence-corrected chi connectivity index (χ3v) is 3.79. The predicted octanol–water partition coefficient (Wildman–Crippen LogP) is 4.64. The van der Waals surface area contributed by atoms with Crippen molar-refractivity contribution < 1.29 is 5.11 Å². The molecule has 2 aromatic rings. The van der Waals surface area contributed by atoms with E-state index in [4.69, 9.17) is 28.3 Å². The van der Waals surface area contributed by atoms with Crippen LogP contribution in [-0.2, 0) is 6.61 Å². The lowest BCUT2D eigenvalue weighted by molar-refractivity contribution is 0.282. The zero-order valence-electron chi connectivity index (χ0n) is 8.86. The fourth-order valence-corrected chi connectivity index (χ4v) is 2.86. The van der Waals surface area contributed by atoms with Crippen LogP contribution in [0, 0.1) is 0 Å². The Hall–Kier alpha value is -0.670. The molecule has 1 N–H and O–H groups in total. The summed E-state index contributed by atoms with van der Waals surface area (Å²) in [6, 6.07) is 13.3. The van der Waals surface area contributed by atoms with Crippen LogP contribution in [0.5, 0.6) is 0 Å². The van der Waals surface area contributed by atoms with Crippen LogP contribution < -0.4 is 0 Å². The van der Waals surface area contributed by atoms with Crippen LogP contribution in [0.15, 0.2) is 52.3 Å². The number of hydrogen-bond donors (Lipinski definition) is 1. The number of halogens is 2. The highest BCUT2D eigenvalue weighted by Crippen LogP contribution is 2.31. The Morgan fingerprint density at radius 2 is 1.76 bits per heavy atom. The van der Waals surface area contributed by atoms with Crippen molar-refractivity contribution in [2.24, 2.45) is 0 Å². The molecule has 0 saturated heterocycles. The number of aliphatic hydroxyl groups excluding tert-OH is 1. The van der Waals surface area contributed by atoms with Crippen molar-refractivity contribution in [3.63, 3.8) is 0 Å². The van der Waals surface area contributed by atoms with Crippen molar-refractivity contribution >= 4 is 35.0 Å². The lowest BCUT2D eigenvalue weighted by Crippen LogP contribution is -1.84. The number of rotatable bonds is 3. The minimum absolute atomic E-state index is 0.0407. The van der Waals surface area contributed by atoms with Crippen molar-refractivity contribution in [3.8, 4) is 0 Å². The fraction of sp³-hybridized carbons (Fsp3) is 0.0769. The maximum Gasteiger partial charge on any atom is 0.0696 e. The first-order valence-corrected chi connectivity index (χ1v) is 6.59. The summed E-state index contributed by atoms with van der Waals surface area (Å²) in [6.45, 7) is -0.0407. The summed E-state index contributed by atoms with van der Waals surface area (Å²) in [5.74, 6) is 0. The van der Waals surface area contributed by atoms with Gasteiger partial charge in [-0.2, -0.15) is 0 Å². The van der Waals surface area contributed by atoms with Crippen LogP contribution in [0.1, 0.15) is 5.56 Å². The van der Waals surface area contributed by atoms with Gasteiger partial charge in [0.1, 0.15) is 0 Å². The number of hydrogen-bond acceptors (Lipinski definition) is 2. The van der Waals surface area contributed by atoms with E-state index >= 15 is 0 Å². The minimum atomic E-state index is -0.0407. The molecule has 88 valence electrons. The van der Waals surface area contributed by atoms with Gasteiger partial charge in [-0.05, 0) is 35.9 Å². The highest BCUT2D eigenvalue weighted by atomic mass is 35.5. The van der Waals surface area contributed by atoms with E-state index < -0.39 is 0 Å². The lowest BCUT2D eigenvalue weighted by Gasteiger charge is -2.05. The van der Waals surface area contributed by atoms with E-state index in [1.54, 1.807) is 11.8 Å². The minimum Gasteiger partial charge on any atom is -0.392 e. The Morgan fingerprint density at radius 1 is 1.00 bits per heavy atom. The van der Waals surface area contributed by atoms with Gasteiger partial charge in [0.15, 0.2) is 0 Å². The summed E-state index contributed by atoms with van der Waals surface area (Å²) in [7, 11) is 0. The SMILES string of the molecule is OCc1ccc(Sc2cccc(Cl)c2)cc1Cl. The van der Waals surface area contributed by atoms with E-state index in [2.05, 4.69) is 0 Å². The molecule has 0 aliphatic carbocycles. The van der Waals surface area contributed by atoms with Gasteiger partial charge in [0.2, 0.25) is 0 Å². The Labute approximate surface area is 114 Å². The van der Waals surface area contributed by atoms with Gasteiger partial charge in [0, 0.05) is 19.8 Å². The van der Waals surface area contributed by atoms with Gasteiger partial charge in [-0.3, -0.25) is 0 Å². The monoisotopic (exact) mass is 284 g/mol. The molecule has 0 heterocycles. The Bertz CT molecular complexity index is 529. The molecule has 0 aromatic heterocycles. The fourth-order valence-electron chi connectivity index (χ4n) is 1.39. The molecule has 17 heavy (non-hydrogen) atoms. The van der Waals surface area contributed by atoms with Crippen LogP contribution in [0.3, 0.4) is 0 Å². The first kappa shape index (κ1) is 12.8. The van der Waals surface area contributed by atoms with Gasteiger partial charge in [0.25, 0.3) is 0 Å². The van der Waals surface area contributed by atoms with E-state index in [-0.39, 0.29) is 6.61 Å². The summed E-state index contributed by atoms with van der Waals surface area (Å²) in [4.78, 5) is 2.08. The topological polar surface area (TPSA) is 20.2 Å². The molecule has 2 aromatic carbocycles. The summed E-state index contributed by atoms with van der Waals surface area (Å²) in [5.41, 5.74) is 0.738. The van der Waals surface area contributed by atoms with E-state index in [0.717, 1.165) is 15.4 Å². The highest BCUT2D eigenvalue weighted by Gasteiger charge is 2.03. The Kier molecular flexibility index (Phi) is 4.35. The molecule has 0 amide bonds. The lowest BCUT2D eigenvalue weighted by atomic mass is 10.2. The van der Waals surface area contributed by atoms with Gasteiger partial charge < -0.3 is 5.11 Å². The summed E-state index contributed by atoms with van der Waals surface area (Å²) in [5, 5.41) is 10.3. The Balaban J connectivity index is 2.22. The third-order valence-electron chi connectivity index (χ3n) is 2.23. The average molecular weight is 285 g/mol. The molecule has 0 aliphatic heterocycles. The van der Waals surface area contributed by atoms with Crippen LogP contribution in [0.2, 0.25) is 10.0 Å². The molecule has 0 bridgehead atoms. The predicted molar refractivity (Wildman–Crippen MR) is 72.9 cm³/mol. The molecule has 0 atom stereocenters. The maximum atomic E-state index is 9.03. The van der Waals surface area contributed by atoms with Gasteiger partial charge in [-0.1, -0.05) is 47.1 Å².